The normalized spacial score (nSPS) is 14.9. The molecular formula is C15H12Br2O3. The second-order valence-corrected chi connectivity index (χ2v) is 6.15. The Labute approximate surface area is 133 Å². The molecule has 1 N–H and O–H groups in total. The summed E-state index contributed by atoms with van der Waals surface area (Å²) in [5, 5.41) is 10.6. The van der Waals surface area contributed by atoms with Gasteiger partial charge in [-0.2, -0.15) is 0 Å². The first kappa shape index (κ1) is 13.9. The molecule has 3 rings (SSSR count). The van der Waals surface area contributed by atoms with Crippen LogP contribution in [0.5, 0.6) is 11.5 Å². The monoisotopic (exact) mass is 398 g/mol. The Morgan fingerprint density at radius 2 is 1.55 bits per heavy atom. The Hall–Kier alpha value is -1.04. The van der Waals surface area contributed by atoms with Crippen molar-refractivity contribution >= 4 is 31.9 Å². The van der Waals surface area contributed by atoms with E-state index in [1.807, 2.05) is 36.4 Å². The number of ether oxygens (including phenoxy) is 2. The summed E-state index contributed by atoms with van der Waals surface area (Å²) in [5.41, 5.74) is 1.56. The smallest absolute Gasteiger partial charge is 0.162 e. The van der Waals surface area contributed by atoms with Crippen molar-refractivity contribution in [2.75, 3.05) is 13.2 Å². The molecule has 104 valence electrons. The minimum absolute atomic E-state index is 0.527. The van der Waals surface area contributed by atoms with E-state index in [2.05, 4.69) is 31.9 Å². The lowest BCUT2D eigenvalue weighted by atomic mass is 10.0. The van der Waals surface area contributed by atoms with E-state index in [0.29, 0.717) is 24.7 Å². The number of halogens is 2. The van der Waals surface area contributed by atoms with E-state index in [4.69, 9.17) is 9.47 Å². The van der Waals surface area contributed by atoms with E-state index in [9.17, 15) is 5.11 Å². The van der Waals surface area contributed by atoms with Gasteiger partial charge in [-0.25, -0.2) is 0 Å². The van der Waals surface area contributed by atoms with Crippen LogP contribution in [-0.2, 0) is 0 Å². The molecule has 0 bridgehead atoms. The summed E-state index contributed by atoms with van der Waals surface area (Å²) < 4.78 is 12.8. The lowest BCUT2D eigenvalue weighted by Gasteiger charge is -2.22. The third-order valence-corrected chi connectivity index (χ3v) is 4.56. The van der Waals surface area contributed by atoms with Gasteiger partial charge in [0.2, 0.25) is 0 Å². The molecule has 1 atom stereocenters. The van der Waals surface area contributed by atoms with Gasteiger partial charge >= 0.3 is 0 Å². The van der Waals surface area contributed by atoms with Gasteiger partial charge in [-0.1, -0.05) is 50.1 Å². The van der Waals surface area contributed by atoms with Crippen LogP contribution >= 0.6 is 31.9 Å². The van der Waals surface area contributed by atoms with Crippen LogP contribution < -0.4 is 9.47 Å². The highest BCUT2D eigenvalue weighted by atomic mass is 79.9. The summed E-state index contributed by atoms with van der Waals surface area (Å²) >= 11 is 6.95. The van der Waals surface area contributed by atoms with Crippen LogP contribution in [0, 0.1) is 0 Å². The molecular weight excluding hydrogens is 388 g/mol. The van der Waals surface area contributed by atoms with E-state index in [1.165, 1.54) is 0 Å². The Kier molecular flexibility index (Phi) is 4.01. The van der Waals surface area contributed by atoms with Crippen molar-refractivity contribution in [2.24, 2.45) is 0 Å². The fraction of sp³-hybridized carbons (Fsp3) is 0.200. The molecule has 1 aliphatic heterocycles. The molecule has 0 saturated heterocycles. The van der Waals surface area contributed by atoms with Crippen LogP contribution in [0.15, 0.2) is 45.3 Å². The number of hydrogen-bond donors (Lipinski definition) is 1. The van der Waals surface area contributed by atoms with Gasteiger partial charge in [0.15, 0.2) is 11.5 Å². The number of hydrogen-bond acceptors (Lipinski definition) is 3. The molecule has 20 heavy (non-hydrogen) atoms. The molecule has 0 amide bonds. The Morgan fingerprint density at radius 1 is 0.900 bits per heavy atom. The number of fused-ring (bicyclic) bond motifs is 1. The van der Waals surface area contributed by atoms with Gasteiger partial charge in [0, 0.05) is 14.5 Å². The second kappa shape index (κ2) is 5.76. The van der Waals surface area contributed by atoms with Crippen LogP contribution in [-0.4, -0.2) is 18.3 Å². The predicted molar refractivity (Wildman–Crippen MR) is 83.3 cm³/mol. The maximum atomic E-state index is 10.6. The molecule has 0 fully saturated rings. The van der Waals surface area contributed by atoms with Crippen molar-refractivity contribution in [3.05, 3.63) is 56.5 Å². The van der Waals surface area contributed by atoms with E-state index < -0.39 is 6.10 Å². The molecule has 2 aromatic carbocycles. The molecule has 2 aromatic rings. The summed E-state index contributed by atoms with van der Waals surface area (Å²) in [5.74, 6) is 1.37. The quantitative estimate of drug-likeness (QED) is 0.827. The predicted octanol–water partition coefficient (Wildman–Crippen LogP) is 4.06. The van der Waals surface area contributed by atoms with Crippen molar-refractivity contribution in [1.82, 2.24) is 0 Å². The van der Waals surface area contributed by atoms with Gasteiger partial charge in [-0.05, 0) is 23.8 Å². The van der Waals surface area contributed by atoms with Crippen LogP contribution in [0.1, 0.15) is 17.2 Å². The van der Waals surface area contributed by atoms with Gasteiger partial charge in [0.05, 0.1) is 0 Å². The van der Waals surface area contributed by atoms with E-state index in [1.54, 1.807) is 0 Å². The average Bonchev–Trinajstić information content (AvgIpc) is 2.46. The lowest BCUT2D eigenvalue weighted by Crippen LogP contribution is -2.16. The van der Waals surface area contributed by atoms with Gasteiger partial charge in [-0.3, -0.25) is 0 Å². The Bertz CT molecular complexity index is 643. The summed E-state index contributed by atoms with van der Waals surface area (Å²) in [7, 11) is 0. The topological polar surface area (TPSA) is 38.7 Å². The van der Waals surface area contributed by atoms with Crippen LogP contribution in [0.25, 0.3) is 0 Å². The summed E-state index contributed by atoms with van der Waals surface area (Å²) in [6.45, 7) is 1.07. The van der Waals surface area contributed by atoms with Gasteiger partial charge in [-0.15, -0.1) is 0 Å². The average molecular weight is 400 g/mol. The second-order valence-electron chi connectivity index (χ2n) is 4.44. The van der Waals surface area contributed by atoms with Crippen LogP contribution in [0.2, 0.25) is 0 Å². The first-order chi connectivity index (χ1) is 9.66. The maximum Gasteiger partial charge on any atom is 0.162 e. The first-order valence-corrected chi connectivity index (χ1v) is 7.77. The number of benzene rings is 2. The molecule has 5 heteroatoms. The minimum Gasteiger partial charge on any atom is -0.486 e. The summed E-state index contributed by atoms with van der Waals surface area (Å²) in [4.78, 5) is 0. The maximum absolute atomic E-state index is 10.6. The summed E-state index contributed by atoms with van der Waals surface area (Å²) in [6, 6.07) is 11.3. The molecule has 3 nitrogen and oxygen atoms in total. The van der Waals surface area contributed by atoms with Crippen molar-refractivity contribution in [3.63, 3.8) is 0 Å². The Morgan fingerprint density at radius 3 is 2.25 bits per heavy atom. The molecule has 0 spiro atoms. The highest BCUT2D eigenvalue weighted by molar-refractivity contribution is 9.10. The van der Waals surface area contributed by atoms with Crippen molar-refractivity contribution < 1.29 is 14.6 Å². The van der Waals surface area contributed by atoms with E-state index >= 15 is 0 Å². The molecule has 1 unspecified atom stereocenters. The lowest BCUT2D eigenvalue weighted by molar-refractivity contribution is 0.169. The first-order valence-electron chi connectivity index (χ1n) is 6.18. The standard InChI is InChI=1S/C15H12Br2O3/c16-11-4-2-1-3-9(11)15(18)10-7-13-14(8-12(10)17)20-6-5-19-13/h1-4,7-8,15,18H,5-6H2. The van der Waals surface area contributed by atoms with Crippen LogP contribution in [0.3, 0.4) is 0 Å². The zero-order chi connectivity index (χ0) is 14.1. The van der Waals surface area contributed by atoms with Crippen molar-refractivity contribution in [2.45, 2.75) is 6.10 Å². The zero-order valence-corrected chi connectivity index (χ0v) is 13.6. The number of aliphatic hydroxyl groups is 1. The Balaban J connectivity index is 2.03. The summed E-state index contributed by atoms with van der Waals surface area (Å²) in [6.07, 6.45) is -0.740. The fourth-order valence-electron chi connectivity index (χ4n) is 2.15. The number of aliphatic hydroxyl groups excluding tert-OH is 1. The van der Waals surface area contributed by atoms with Gasteiger partial charge in [0.1, 0.15) is 19.3 Å². The van der Waals surface area contributed by atoms with Crippen molar-refractivity contribution in [3.8, 4) is 11.5 Å². The third kappa shape index (κ3) is 2.57. The third-order valence-electron chi connectivity index (χ3n) is 3.16. The van der Waals surface area contributed by atoms with Gasteiger partial charge < -0.3 is 14.6 Å². The highest BCUT2D eigenvalue weighted by Crippen LogP contribution is 2.40. The molecule has 0 saturated carbocycles. The number of rotatable bonds is 2. The van der Waals surface area contributed by atoms with Gasteiger partial charge in [0.25, 0.3) is 0 Å². The molecule has 0 radical (unpaired) electrons. The van der Waals surface area contributed by atoms with E-state index in [-0.39, 0.29) is 0 Å². The van der Waals surface area contributed by atoms with Crippen LogP contribution in [0.4, 0.5) is 0 Å². The largest absolute Gasteiger partial charge is 0.486 e. The van der Waals surface area contributed by atoms with Crippen molar-refractivity contribution in [1.29, 1.82) is 0 Å². The fourth-order valence-corrected chi connectivity index (χ4v) is 3.19. The molecule has 1 aliphatic rings. The highest BCUT2D eigenvalue weighted by Gasteiger charge is 2.21. The SMILES string of the molecule is OC(c1ccccc1Br)c1cc2c(cc1Br)OCCO2. The molecule has 1 heterocycles. The minimum atomic E-state index is -0.740. The van der Waals surface area contributed by atoms with E-state index in [0.717, 1.165) is 20.1 Å². The molecule has 0 aliphatic carbocycles. The molecule has 0 aromatic heterocycles. The zero-order valence-electron chi connectivity index (χ0n) is 10.5.